The van der Waals surface area contributed by atoms with Crippen molar-refractivity contribution in [1.29, 1.82) is 0 Å². The number of aryl methyl sites for hydroxylation is 1. The van der Waals surface area contributed by atoms with E-state index in [0.717, 1.165) is 48.3 Å². The van der Waals surface area contributed by atoms with Gasteiger partial charge in [0.1, 0.15) is 12.1 Å². The second kappa shape index (κ2) is 6.23. The van der Waals surface area contributed by atoms with Crippen LogP contribution in [0.15, 0.2) is 35.1 Å². The molecular formula is C16H16N6O2. The third-order valence-electron chi connectivity index (χ3n) is 4.12. The van der Waals surface area contributed by atoms with Crippen LogP contribution in [-0.2, 0) is 24.1 Å². The number of nitrogens with zero attached hydrogens (tertiary/aromatic N) is 5. The largest absolute Gasteiger partial charge is 0.359 e. The molecule has 0 saturated carbocycles. The fraction of sp³-hybridized carbons (Fsp3) is 0.312. The van der Waals surface area contributed by atoms with Crippen molar-refractivity contribution >= 4 is 11.7 Å². The summed E-state index contributed by atoms with van der Waals surface area (Å²) in [5.41, 5.74) is 2.79. The van der Waals surface area contributed by atoms with Gasteiger partial charge in [-0.25, -0.2) is 4.68 Å². The average molecular weight is 324 g/mol. The molecular weight excluding hydrogens is 308 g/mol. The lowest BCUT2D eigenvalue weighted by molar-refractivity contribution is -0.115. The summed E-state index contributed by atoms with van der Waals surface area (Å²) < 4.78 is 6.87. The first-order chi connectivity index (χ1) is 11.8. The van der Waals surface area contributed by atoms with E-state index >= 15 is 0 Å². The molecule has 0 radical (unpaired) electrons. The molecule has 2 heterocycles. The maximum absolute atomic E-state index is 12.2. The van der Waals surface area contributed by atoms with E-state index in [1.165, 1.54) is 6.33 Å². The molecule has 1 aliphatic rings. The molecule has 0 saturated heterocycles. The predicted molar refractivity (Wildman–Crippen MR) is 84.6 cm³/mol. The number of nitrogens with one attached hydrogen (secondary N) is 1. The lowest BCUT2D eigenvalue weighted by Crippen LogP contribution is -2.16. The number of carbonyl (C=O) groups excluding carboxylic acids is 1. The number of hydrogen-bond donors (Lipinski definition) is 1. The van der Waals surface area contributed by atoms with Gasteiger partial charge in [-0.3, -0.25) is 4.79 Å². The van der Waals surface area contributed by atoms with Gasteiger partial charge in [-0.15, -0.1) is 5.10 Å². The van der Waals surface area contributed by atoms with E-state index in [1.54, 1.807) is 4.68 Å². The molecule has 1 aromatic carbocycles. The molecule has 8 heteroatoms. The minimum absolute atomic E-state index is 0.105. The highest BCUT2D eigenvalue weighted by Gasteiger charge is 2.20. The van der Waals surface area contributed by atoms with Gasteiger partial charge < -0.3 is 9.84 Å². The SMILES string of the molecule is O=C(Cc1ccc(-n2cnnn2)cc1)Nc1noc2c1CCCC2. The van der Waals surface area contributed by atoms with Gasteiger partial charge in [-0.1, -0.05) is 17.3 Å². The van der Waals surface area contributed by atoms with Crippen molar-refractivity contribution in [3.05, 3.63) is 47.5 Å². The summed E-state index contributed by atoms with van der Waals surface area (Å²) >= 11 is 0. The summed E-state index contributed by atoms with van der Waals surface area (Å²) in [6.07, 6.45) is 5.83. The summed E-state index contributed by atoms with van der Waals surface area (Å²) in [6.45, 7) is 0. The number of carbonyl (C=O) groups is 1. The smallest absolute Gasteiger partial charge is 0.230 e. The molecule has 1 N–H and O–H groups in total. The van der Waals surface area contributed by atoms with Crippen LogP contribution < -0.4 is 5.32 Å². The molecule has 1 aliphatic carbocycles. The maximum Gasteiger partial charge on any atom is 0.230 e. The summed E-state index contributed by atoms with van der Waals surface area (Å²) in [5, 5.41) is 17.9. The minimum Gasteiger partial charge on any atom is -0.359 e. The average Bonchev–Trinajstić information content (AvgIpc) is 3.26. The molecule has 4 rings (SSSR count). The van der Waals surface area contributed by atoms with Gasteiger partial charge in [-0.2, -0.15) is 0 Å². The molecule has 0 unspecified atom stereocenters. The zero-order chi connectivity index (χ0) is 16.4. The normalized spacial score (nSPS) is 13.5. The lowest BCUT2D eigenvalue weighted by atomic mass is 9.98. The van der Waals surface area contributed by atoms with Gasteiger partial charge in [0.25, 0.3) is 0 Å². The van der Waals surface area contributed by atoms with Gasteiger partial charge in [0.15, 0.2) is 5.82 Å². The van der Waals surface area contributed by atoms with Gasteiger partial charge in [0.2, 0.25) is 5.91 Å². The second-order valence-electron chi connectivity index (χ2n) is 5.79. The summed E-state index contributed by atoms with van der Waals surface area (Å²) in [7, 11) is 0. The highest BCUT2D eigenvalue weighted by molar-refractivity contribution is 5.92. The summed E-state index contributed by atoms with van der Waals surface area (Å²) in [4.78, 5) is 12.2. The quantitative estimate of drug-likeness (QED) is 0.784. The first kappa shape index (κ1) is 14.6. The number of fused-ring (bicyclic) bond motifs is 1. The number of tetrazole rings is 1. The van der Waals surface area contributed by atoms with Crippen LogP contribution in [0.25, 0.3) is 5.69 Å². The topological polar surface area (TPSA) is 98.7 Å². The predicted octanol–water partition coefficient (Wildman–Crippen LogP) is 1.71. The Morgan fingerprint density at radius 2 is 2.04 bits per heavy atom. The van der Waals surface area contributed by atoms with Crippen molar-refractivity contribution in [1.82, 2.24) is 25.4 Å². The third kappa shape index (κ3) is 2.90. The molecule has 24 heavy (non-hydrogen) atoms. The van der Waals surface area contributed by atoms with Crippen molar-refractivity contribution in [3.8, 4) is 5.69 Å². The van der Waals surface area contributed by atoms with E-state index in [4.69, 9.17) is 4.52 Å². The van der Waals surface area contributed by atoms with Crippen LogP contribution in [0.1, 0.15) is 29.7 Å². The lowest BCUT2D eigenvalue weighted by Gasteiger charge is -2.09. The van der Waals surface area contributed by atoms with Crippen LogP contribution in [0, 0.1) is 0 Å². The Labute approximate surface area is 137 Å². The molecule has 8 nitrogen and oxygen atoms in total. The third-order valence-corrected chi connectivity index (χ3v) is 4.12. The zero-order valence-electron chi connectivity index (χ0n) is 13.0. The number of amides is 1. The van der Waals surface area contributed by atoms with E-state index in [9.17, 15) is 4.79 Å². The monoisotopic (exact) mass is 324 g/mol. The van der Waals surface area contributed by atoms with Crippen LogP contribution in [0.4, 0.5) is 5.82 Å². The highest BCUT2D eigenvalue weighted by Crippen LogP contribution is 2.27. The first-order valence-electron chi connectivity index (χ1n) is 7.89. The Morgan fingerprint density at radius 1 is 1.21 bits per heavy atom. The molecule has 0 bridgehead atoms. The van der Waals surface area contributed by atoms with Crippen molar-refractivity contribution < 1.29 is 9.32 Å². The Hall–Kier alpha value is -3.03. The summed E-state index contributed by atoms with van der Waals surface area (Å²) in [5.74, 6) is 1.37. The molecule has 0 fully saturated rings. The molecule has 3 aromatic rings. The van der Waals surface area contributed by atoms with Gasteiger partial charge in [0.05, 0.1) is 12.1 Å². The van der Waals surface area contributed by atoms with Crippen LogP contribution in [0.3, 0.4) is 0 Å². The van der Waals surface area contributed by atoms with Crippen LogP contribution >= 0.6 is 0 Å². The Morgan fingerprint density at radius 3 is 2.83 bits per heavy atom. The molecule has 0 aliphatic heterocycles. The summed E-state index contributed by atoms with van der Waals surface area (Å²) in [6, 6.07) is 7.51. The van der Waals surface area contributed by atoms with Gasteiger partial charge >= 0.3 is 0 Å². The molecule has 1 amide bonds. The van der Waals surface area contributed by atoms with Crippen molar-refractivity contribution in [2.24, 2.45) is 0 Å². The number of benzene rings is 1. The van der Waals surface area contributed by atoms with Crippen molar-refractivity contribution in [2.75, 3.05) is 5.32 Å². The number of hydrogen-bond acceptors (Lipinski definition) is 6. The van der Waals surface area contributed by atoms with Crippen molar-refractivity contribution in [2.45, 2.75) is 32.1 Å². The van der Waals surface area contributed by atoms with Crippen LogP contribution in [-0.4, -0.2) is 31.3 Å². The van der Waals surface area contributed by atoms with Gasteiger partial charge in [0, 0.05) is 12.0 Å². The van der Waals surface area contributed by atoms with Crippen LogP contribution in [0.5, 0.6) is 0 Å². The Balaban J connectivity index is 1.42. The Bertz CT molecular complexity index is 838. The zero-order valence-corrected chi connectivity index (χ0v) is 13.0. The van der Waals surface area contributed by atoms with E-state index in [-0.39, 0.29) is 12.3 Å². The fourth-order valence-corrected chi connectivity index (χ4v) is 2.89. The molecule has 122 valence electrons. The maximum atomic E-state index is 12.2. The first-order valence-corrected chi connectivity index (χ1v) is 7.89. The number of anilines is 1. The van der Waals surface area contributed by atoms with E-state index < -0.39 is 0 Å². The fourth-order valence-electron chi connectivity index (χ4n) is 2.89. The molecule has 0 atom stereocenters. The molecule has 0 spiro atoms. The molecule has 2 aromatic heterocycles. The number of rotatable bonds is 4. The van der Waals surface area contributed by atoms with Crippen molar-refractivity contribution in [3.63, 3.8) is 0 Å². The van der Waals surface area contributed by atoms with E-state index in [0.29, 0.717) is 5.82 Å². The van der Waals surface area contributed by atoms with E-state index in [2.05, 4.69) is 26.0 Å². The van der Waals surface area contributed by atoms with Crippen LogP contribution in [0.2, 0.25) is 0 Å². The van der Waals surface area contributed by atoms with Gasteiger partial charge in [-0.05, 0) is 47.4 Å². The highest BCUT2D eigenvalue weighted by atomic mass is 16.5. The van der Waals surface area contributed by atoms with E-state index in [1.807, 2.05) is 24.3 Å². The minimum atomic E-state index is -0.105. The standard InChI is InChI=1S/C16H16N6O2/c23-15(18-16-13-3-1-2-4-14(13)24-19-16)9-11-5-7-12(8-6-11)22-10-17-20-21-22/h5-8,10H,1-4,9H2,(H,18,19,23). The second-order valence-corrected chi connectivity index (χ2v) is 5.79. The number of aromatic nitrogens is 5. The Kier molecular flexibility index (Phi) is 3.78.